The summed E-state index contributed by atoms with van der Waals surface area (Å²) < 4.78 is 1.79. The largest absolute Gasteiger partial charge is 0.338 e. The topological polar surface area (TPSA) is 51.0 Å². The van der Waals surface area contributed by atoms with Crippen molar-refractivity contribution in [3.05, 3.63) is 42.0 Å². The first-order chi connectivity index (χ1) is 10.2. The van der Waals surface area contributed by atoms with Gasteiger partial charge in [-0.1, -0.05) is 25.0 Å². The molecule has 1 aliphatic rings. The monoisotopic (exact) mass is 284 g/mol. The van der Waals surface area contributed by atoms with Gasteiger partial charge < -0.3 is 4.90 Å². The first kappa shape index (κ1) is 13.8. The molecule has 1 aromatic carbocycles. The van der Waals surface area contributed by atoms with Crippen LogP contribution in [0.3, 0.4) is 0 Å². The Morgan fingerprint density at radius 1 is 1.33 bits per heavy atom. The van der Waals surface area contributed by atoms with Crippen LogP contribution in [0.15, 0.2) is 30.9 Å². The lowest BCUT2D eigenvalue weighted by Crippen LogP contribution is -2.29. The van der Waals surface area contributed by atoms with Gasteiger partial charge >= 0.3 is 0 Å². The Kier molecular flexibility index (Phi) is 3.73. The zero-order valence-electron chi connectivity index (χ0n) is 12.5. The quantitative estimate of drug-likeness (QED) is 0.870. The highest BCUT2D eigenvalue weighted by Crippen LogP contribution is 2.24. The molecule has 1 amide bonds. The van der Waals surface area contributed by atoms with Crippen LogP contribution in [-0.2, 0) is 0 Å². The summed E-state index contributed by atoms with van der Waals surface area (Å²) in [7, 11) is 0. The summed E-state index contributed by atoms with van der Waals surface area (Å²) in [5.41, 5.74) is 2.66. The van der Waals surface area contributed by atoms with Crippen molar-refractivity contribution in [2.24, 2.45) is 5.92 Å². The van der Waals surface area contributed by atoms with E-state index in [2.05, 4.69) is 17.1 Å². The van der Waals surface area contributed by atoms with Crippen LogP contribution >= 0.6 is 0 Å². The zero-order valence-corrected chi connectivity index (χ0v) is 12.5. The van der Waals surface area contributed by atoms with Gasteiger partial charge in [0.15, 0.2) is 0 Å². The lowest BCUT2D eigenvalue weighted by molar-refractivity contribution is 0.0787. The summed E-state index contributed by atoms with van der Waals surface area (Å²) in [5.74, 6) is 0.746. The molecule has 2 heterocycles. The third-order valence-electron chi connectivity index (χ3n) is 4.23. The second kappa shape index (κ2) is 5.68. The Morgan fingerprint density at radius 2 is 2.10 bits per heavy atom. The van der Waals surface area contributed by atoms with Gasteiger partial charge in [-0.2, -0.15) is 0 Å². The summed E-state index contributed by atoms with van der Waals surface area (Å²) in [6.45, 7) is 5.91. The molecule has 110 valence electrons. The van der Waals surface area contributed by atoms with Crippen LogP contribution in [0.1, 0.15) is 35.7 Å². The van der Waals surface area contributed by atoms with E-state index in [9.17, 15) is 4.79 Å². The SMILES string of the molecule is CCC1CCN(C(=O)c2cc(C)ccc2-n2cnnc2)C1. The molecule has 0 radical (unpaired) electrons. The van der Waals surface area contributed by atoms with Gasteiger partial charge in [-0.25, -0.2) is 0 Å². The third kappa shape index (κ3) is 2.68. The highest BCUT2D eigenvalue weighted by atomic mass is 16.2. The molecule has 1 saturated heterocycles. The Balaban J connectivity index is 1.94. The second-order valence-electron chi connectivity index (χ2n) is 5.70. The summed E-state index contributed by atoms with van der Waals surface area (Å²) >= 11 is 0. The van der Waals surface area contributed by atoms with Gasteiger partial charge in [0.05, 0.1) is 11.3 Å². The zero-order chi connectivity index (χ0) is 14.8. The van der Waals surface area contributed by atoms with E-state index in [0.717, 1.165) is 42.7 Å². The molecule has 21 heavy (non-hydrogen) atoms. The van der Waals surface area contributed by atoms with Crippen molar-refractivity contribution in [1.82, 2.24) is 19.7 Å². The van der Waals surface area contributed by atoms with Crippen LogP contribution in [0.5, 0.6) is 0 Å². The first-order valence-electron chi connectivity index (χ1n) is 7.44. The number of hydrogen-bond donors (Lipinski definition) is 0. The van der Waals surface area contributed by atoms with E-state index in [4.69, 9.17) is 0 Å². The van der Waals surface area contributed by atoms with E-state index < -0.39 is 0 Å². The Hall–Kier alpha value is -2.17. The van der Waals surface area contributed by atoms with Crippen molar-refractivity contribution >= 4 is 5.91 Å². The van der Waals surface area contributed by atoms with Crippen molar-refractivity contribution in [3.63, 3.8) is 0 Å². The first-order valence-corrected chi connectivity index (χ1v) is 7.44. The van der Waals surface area contributed by atoms with Crippen LogP contribution in [0, 0.1) is 12.8 Å². The molecule has 0 bridgehead atoms. The Bertz CT molecular complexity index is 636. The van der Waals surface area contributed by atoms with Crippen molar-refractivity contribution < 1.29 is 4.79 Å². The van der Waals surface area contributed by atoms with E-state index in [1.807, 2.05) is 30.0 Å². The maximum absolute atomic E-state index is 12.8. The van der Waals surface area contributed by atoms with Crippen LogP contribution in [0.2, 0.25) is 0 Å². The average Bonchev–Trinajstić information content (AvgIpc) is 3.17. The van der Waals surface area contributed by atoms with Crippen molar-refractivity contribution in [2.45, 2.75) is 26.7 Å². The number of likely N-dealkylation sites (tertiary alicyclic amines) is 1. The lowest BCUT2D eigenvalue weighted by atomic mass is 10.1. The highest BCUT2D eigenvalue weighted by molar-refractivity contribution is 5.98. The van der Waals surface area contributed by atoms with E-state index in [1.54, 1.807) is 17.2 Å². The molecule has 5 heteroatoms. The number of aromatic nitrogens is 3. The number of hydrogen-bond acceptors (Lipinski definition) is 3. The molecule has 1 atom stereocenters. The van der Waals surface area contributed by atoms with Gasteiger partial charge in [0.25, 0.3) is 5.91 Å². The summed E-state index contributed by atoms with van der Waals surface area (Å²) in [6.07, 6.45) is 5.49. The van der Waals surface area contributed by atoms with Crippen molar-refractivity contribution in [1.29, 1.82) is 0 Å². The minimum atomic E-state index is 0.110. The molecule has 1 unspecified atom stereocenters. The van der Waals surface area contributed by atoms with Gasteiger partial charge in [-0.3, -0.25) is 9.36 Å². The summed E-state index contributed by atoms with van der Waals surface area (Å²) in [6, 6.07) is 5.92. The number of benzene rings is 1. The van der Waals surface area contributed by atoms with E-state index in [-0.39, 0.29) is 5.91 Å². The molecule has 1 fully saturated rings. The van der Waals surface area contributed by atoms with Gasteiger partial charge in [0, 0.05) is 13.1 Å². The van der Waals surface area contributed by atoms with Crippen LogP contribution in [0.4, 0.5) is 0 Å². The molecular formula is C16H20N4O. The number of amides is 1. The predicted octanol–water partition coefficient (Wildman–Crippen LogP) is 2.45. The molecule has 0 spiro atoms. The third-order valence-corrected chi connectivity index (χ3v) is 4.23. The fraction of sp³-hybridized carbons (Fsp3) is 0.438. The van der Waals surface area contributed by atoms with Gasteiger partial charge in [0.2, 0.25) is 0 Å². The number of nitrogens with zero attached hydrogens (tertiary/aromatic N) is 4. The van der Waals surface area contributed by atoms with E-state index >= 15 is 0 Å². The molecule has 3 rings (SSSR count). The van der Waals surface area contributed by atoms with Crippen LogP contribution in [-0.4, -0.2) is 38.7 Å². The van der Waals surface area contributed by atoms with Crippen molar-refractivity contribution in [3.8, 4) is 5.69 Å². The van der Waals surface area contributed by atoms with E-state index in [0.29, 0.717) is 5.92 Å². The number of rotatable bonds is 3. The van der Waals surface area contributed by atoms with Gasteiger partial charge in [-0.05, 0) is 31.4 Å². The van der Waals surface area contributed by atoms with Crippen molar-refractivity contribution in [2.75, 3.05) is 13.1 Å². The standard InChI is InChI=1S/C16H20N4O/c1-3-13-6-7-19(9-13)16(21)14-8-12(2)4-5-15(14)20-10-17-18-11-20/h4-5,8,10-11,13H,3,6-7,9H2,1-2H3. The fourth-order valence-electron chi connectivity index (χ4n) is 2.89. The normalized spacial score (nSPS) is 18.2. The predicted molar refractivity (Wildman–Crippen MR) is 80.4 cm³/mol. The number of carbonyl (C=O) groups excluding carboxylic acids is 1. The molecule has 1 aromatic heterocycles. The number of carbonyl (C=O) groups is 1. The molecule has 2 aromatic rings. The molecule has 0 aliphatic carbocycles. The van der Waals surface area contributed by atoms with Crippen LogP contribution in [0.25, 0.3) is 5.69 Å². The fourth-order valence-corrected chi connectivity index (χ4v) is 2.89. The molecule has 5 nitrogen and oxygen atoms in total. The molecular weight excluding hydrogens is 264 g/mol. The van der Waals surface area contributed by atoms with Gasteiger partial charge in [-0.15, -0.1) is 10.2 Å². The van der Waals surface area contributed by atoms with E-state index in [1.165, 1.54) is 0 Å². The smallest absolute Gasteiger partial charge is 0.256 e. The Labute approximate surface area is 124 Å². The summed E-state index contributed by atoms with van der Waals surface area (Å²) in [5, 5.41) is 7.66. The van der Waals surface area contributed by atoms with Gasteiger partial charge in [0.1, 0.15) is 12.7 Å². The molecule has 1 aliphatic heterocycles. The minimum absolute atomic E-state index is 0.110. The Morgan fingerprint density at radius 3 is 2.76 bits per heavy atom. The lowest BCUT2D eigenvalue weighted by Gasteiger charge is -2.19. The van der Waals surface area contributed by atoms with Crippen LogP contribution < -0.4 is 0 Å². The minimum Gasteiger partial charge on any atom is -0.338 e. The second-order valence-corrected chi connectivity index (χ2v) is 5.70. The maximum atomic E-state index is 12.8. The summed E-state index contributed by atoms with van der Waals surface area (Å²) in [4.78, 5) is 14.8. The molecule has 0 N–H and O–H groups in total. The highest BCUT2D eigenvalue weighted by Gasteiger charge is 2.27. The number of aryl methyl sites for hydroxylation is 1. The average molecular weight is 284 g/mol. The maximum Gasteiger partial charge on any atom is 0.256 e. The molecule has 0 saturated carbocycles.